The van der Waals surface area contributed by atoms with Crippen LogP contribution in [0.3, 0.4) is 0 Å². The summed E-state index contributed by atoms with van der Waals surface area (Å²) in [6.45, 7) is -0.650. The summed E-state index contributed by atoms with van der Waals surface area (Å²) in [5.41, 5.74) is 1.43. The smallest absolute Gasteiger partial charge is 0.382 e. The van der Waals surface area contributed by atoms with Crippen LogP contribution in [0.2, 0.25) is 0 Å². The molecule has 6 nitrogen and oxygen atoms in total. The van der Waals surface area contributed by atoms with Crippen molar-refractivity contribution in [1.82, 2.24) is 0 Å². The van der Waals surface area contributed by atoms with Crippen molar-refractivity contribution in [2.45, 2.75) is 18.5 Å². The van der Waals surface area contributed by atoms with E-state index < -0.39 is 35.5 Å². The summed E-state index contributed by atoms with van der Waals surface area (Å²) in [5, 5.41) is 34.1. The number of alkyl halides is 3. The van der Waals surface area contributed by atoms with E-state index >= 15 is 0 Å². The van der Waals surface area contributed by atoms with Crippen LogP contribution >= 0.6 is 0 Å². The summed E-state index contributed by atoms with van der Waals surface area (Å²) in [5.74, 6) is 0. The van der Waals surface area contributed by atoms with Crippen LogP contribution in [-0.2, 0) is 6.18 Å². The molecule has 0 aliphatic carbocycles. The number of nitrogens with zero attached hydrogens (tertiary/aromatic N) is 1. The summed E-state index contributed by atoms with van der Waals surface area (Å²) < 4.78 is 38.5. The van der Waals surface area contributed by atoms with Crippen LogP contribution < -0.4 is 5.32 Å². The first-order valence-corrected chi connectivity index (χ1v) is 9.26. The molecule has 2 atom stereocenters. The summed E-state index contributed by atoms with van der Waals surface area (Å²) in [7, 11) is 0. The molecule has 0 spiro atoms. The Morgan fingerprint density at radius 1 is 0.968 bits per heavy atom. The van der Waals surface area contributed by atoms with E-state index in [-0.39, 0.29) is 0 Å². The topological polar surface area (TPSA) is 95.6 Å². The fourth-order valence-corrected chi connectivity index (χ4v) is 3.16. The van der Waals surface area contributed by atoms with E-state index in [9.17, 15) is 33.5 Å². The highest BCUT2D eigenvalue weighted by Gasteiger charge is 2.30. The Morgan fingerprint density at radius 3 is 2.29 bits per heavy atom. The highest BCUT2D eigenvalue weighted by Crippen LogP contribution is 2.33. The SMILES string of the molecule is O=[N+]([O-])CC(O)c1cccc(NC(O)c2ccccc2-c2ccc(C(F)(F)F)cc2)c1. The monoisotopic (exact) mass is 432 g/mol. The Morgan fingerprint density at radius 2 is 1.65 bits per heavy atom. The van der Waals surface area contributed by atoms with Crippen LogP contribution in [0, 0.1) is 10.1 Å². The van der Waals surface area contributed by atoms with E-state index in [1.807, 2.05) is 0 Å². The first-order chi connectivity index (χ1) is 14.6. The van der Waals surface area contributed by atoms with Crippen LogP contribution in [0.4, 0.5) is 18.9 Å². The number of nitro groups is 1. The van der Waals surface area contributed by atoms with Crippen molar-refractivity contribution >= 4 is 5.69 Å². The van der Waals surface area contributed by atoms with E-state index in [1.54, 1.807) is 36.4 Å². The predicted octanol–water partition coefficient (Wildman–Crippen LogP) is 4.79. The van der Waals surface area contributed by atoms with Crippen LogP contribution in [0.5, 0.6) is 0 Å². The van der Waals surface area contributed by atoms with Gasteiger partial charge in [0.05, 0.1) is 5.56 Å². The fraction of sp³-hybridized carbons (Fsp3) is 0.182. The molecule has 0 aliphatic rings. The number of anilines is 1. The molecule has 9 heteroatoms. The molecule has 31 heavy (non-hydrogen) atoms. The maximum Gasteiger partial charge on any atom is 0.416 e. The van der Waals surface area contributed by atoms with E-state index in [0.29, 0.717) is 27.9 Å². The van der Waals surface area contributed by atoms with Gasteiger partial charge in [-0.1, -0.05) is 48.5 Å². The second kappa shape index (κ2) is 9.15. The highest BCUT2D eigenvalue weighted by atomic mass is 19.4. The summed E-state index contributed by atoms with van der Waals surface area (Å²) in [6.07, 6.45) is -6.96. The summed E-state index contributed by atoms with van der Waals surface area (Å²) in [6, 6.07) is 17.5. The van der Waals surface area contributed by atoms with Gasteiger partial charge in [-0.15, -0.1) is 0 Å². The Kier molecular flexibility index (Phi) is 6.57. The number of rotatable bonds is 7. The van der Waals surface area contributed by atoms with Crippen molar-refractivity contribution in [2.75, 3.05) is 11.9 Å². The van der Waals surface area contributed by atoms with E-state index in [0.717, 1.165) is 12.1 Å². The third-order valence-corrected chi connectivity index (χ3v) is 4.68. The number of hydrogen-bond acceptors (Lipinski definition) is 5. The summed E-state index contributed by atoms with van der Waals surface area (Å²) in [4.78, 5) is 9.98. The molecule has 3 N–H and O–H groups in total. The molecule has 162 valence electrons. The van der Waals surface area contributed by atoms with E-state index in [2.05, 4.69) is 5.32 Å². The number of benzene rings is 3. The van der Waals surface area contributed by atoms with Gasteiger partial charge >= 0.3 is 6.18 Å². The van der Waals surface area contributed by atoms with Crippen molar-refractivity contribution in [1.29, 1.82) is 0 Å². The Balaban J connectivity index is 1.84. The third kappa shape index (κ3) is 5.59. The lowest BCUT2D eigenvalue weighted by molar-refractivity contribution is -0.491. The first-order valence-electron chi connectivity index (χ1n) is 9.26. The summed E-state index contributed by atoms with van der Waals surface area (Å²) >= 11 is 0. The second-order valence-electron chi connectivity index (χ2n) is 6.87. The van der Waals surface area contributed by atoms with Crippen molar-refractivity contribution in [3.8, 4) is 11.1 Å². The largest absolute Gasteiger partial charge is 0.416 e. The van der Waals surface area contributed by atoms with Gasteiger partial charge in [0.2, 0.25) is 6.54 Å². The third-order valence-electron chi connectivity index (χ3n) is 4.68. The zero-order valence-corrected chi connectivity index (χ0v) is 16.1. The minimum absolute atomic E-state index is 0.310. The standard InChI is InChI=1S/C22H19F3N2O4/c23-22(24,25)16-10-8-14(9-11-16)18-6-1-2-7-19(18)21(29)26-17-5-3-4-15(12-17)20(28)13-27(30)31/h1-12,20-21,26,28-29H,13H2. The number of aliphatic hydroxyl groups excluding tert-OH is 2. The molecule has 0 aliphatic heterocycles. The molecular weight excluding hydrogens is 413 g/mol. The van der Waals surface area contributed by atoms with Crippen LogP contribution in [0.25, 0.3) is 11.1 Å². The lowest BCUT2D eigenvalue weighted by atomic mass is 9.97. The Labute approximate surface area is 175 Å². The van der Waals surface area contributed by atoms with Crippen LogP contribution in [-0.4, -0.2) is 21.7 Å². The molecule has 0 saturated heterocycles. The molecule has 0 radical (unpaired) electrons. The molecule has 2 unspecified atom stereocenters. The molecule has 3 aromatic carbocycles. The van der Waals surface area contributed by atoms with Crippen LogP contribution in [0.1, 0.15) is 29.0 Å². The van der Waals surface area contributed by atoms with Crippen molar-refractivity contribution in [2.24, 2.45) is 0 Å². The Hall–Kier alpha value is -3.43. The molecule has 3 aromatic rings. The van der Waals surface area contributed by atoms with Gasteiger partial charge in [-0.25, -0.2) is 0 Å². The Bertz CT molecular complexity index is 1060. The number of aliphatic hydroxyl groups is 2. The predicted molar refractivity (Wildman–Crippen MR) is 109 cm³/mol. The average Bonchev–Trinajstić information content (AvgIpc) is 2.73. The van der Waals surface area contributed by atoms with Crippen molar-refractivity contribution in [3.05, 3.63) is 99.6 Å². The van der Waals surface area contributed by atoms with Crippen molar-refractivity contribution < 1.29 is 28.3 Å². The molecule has 3 rings (SSSR count). The molecule has 0 amide bonds. The molecule has 0 fully saturated rings. The van der Waals surface area contributed by atoms with E-state index in [4.69, 9.17) is 0 Å². The van der Waals surface area contributed by atoms with Gasteiger partial charge in [0.15, 0.2) is 6.23 Å². The molecule has 0 heterocycles. The van der Waals surface area contributed by atoms with Crippen LogP contribution in [0.15, 0.2) is 72.8 Å². The van der Waals surface area contributed by atoms with Gasteiger partial charge in [0, 0.05) is 16.2 Å². The van der Waals surface area contributed by atoms with Gasteiger partial charge in [-0.05, 0) is 41.0 Å². The number of nitrogens with one attached hydrogen (secondary N) is 1. The second-order valence-corrected chi connectivity index (χ2v) is 6.87. The van der Waals surface area contributed by atoms with Gasteiger partial charge in [0.25, 0.3) is 0 Å². The maximum atomic E-state index is 12.8. The van der Waals surface area contributed by atoms with E-state index in [1.165, 1.54) is 24.3 Å². The first kappa shape index (κ1) is 22.3. The average molecular weight is 432 g/mol. The normalized spacial score (nSPS) is 13.5. The quantitative estimate of drug-likeness (QED) is 0.284. The lowest BCUT2D eigenvalue weighted by Crippen LogP contribution is -2.13. The number of hydrogen-bond donors (Lipinski definition) is 3. The molecule has 0 saturated carbocycles. The minimum Gasteiger partial charge on any atom is -0.382 e. The lowest BCUT2D eigenvalue weighted by Gasteiger charge is -2.19. The van der Waals surface area contributed by atoms with Gasteiger partial charge in [0.1, 0.15) is 6.10 Å². The minimum atomic E-state index is -4.44. The molecule has 0 bridgehead atoms. The van der Waals surface area contributed by atoms with Crippen molar-refractivity contribution in [3.63, 3.8) is 0 Å². The van der Waals surface area contributed by atoms with Gasteiger partial charge < -0.3 is 15.5 Å². The van der Waals surface area contributed by atoms with Gasteiger partial charge in [-0.2, -0.15) is 13.2 Å². The molecule has 0 aromatic heterocycles. The highest BCUT2D eigenvalue weighted by molar-refractivity contribution is 5.69. The van der Waals surface area contributed by atoms with Gasteiger partial charge in [-0.3, -0.25) is 10.1 Å². The fourth-order valence-electron chi connectivity index (χ4n) is 3.16. The zero-order valence-electron chi connectivity index (χ0n) is 16.1. The molecular formula is C22H19F3N2O4. The number of halogens is 3. The maximum absolute atomic E-state index is 12.8. The zero-order chi connectivity index (χ0) is 22.6.